The van der Waals surface area contributed by atoms with E-state index in [9.17, 15) is 17.8 Å². The van der Waals surface area contributed by atoms with Crippen LogP contribution in [0.1, 0.15) is 27.2 Å². The van der Waals surface area contributed by atoms with Crippen molar-refractivity contribution in [2.45, 2.75) is 27.2 Å². The molecule has 0 bridgehead atoms. The van der Waals surface area contributed by atoms with Crippen molar-refractivity contribution in [3.05, 3.63) is 0 Å². The van der Waals surface area contributed by atoms with Gasteiger partial charge in [-0.2, -0.15) is 8.42 Å². The molecular weight excluding hydrogens is 291 g/mol. The van der Waals surface area contributed by atoms with Crippen molar-refractivity contribution in [1.82, 2.24) is 0 Å². The Kier molecular flexibility index (Phi) is 7.26. The molecule has 0 saturated heterocycles. The Bertz CT molecular complexity index is 442. The maximum Gasteiger partial charge on any atom is 0.309 e. The van der Waals surface area contributed by atoms with E-state index >= 15 is 0 Å². The highest BCUT2D eigenvalue weighted by Crippen LogP contribution is 2.47. The first kappa shape index (κ1) is 18.6. The van der Waals surface area contributed by atoms with Gasteiger partial charge < -0.3 is 4.74 Å². The van der Waals surface area contributed by atoms with Gasteiger partial charge in [-0.25, -0.2) is 3.97 Å². The fourth-order valence-electron chi connectivity index (χ4n) is 1.79. The summed E-state index contributed by atoms with van der Waals surface area (Å²) in [6.45, 7) is 6.98. The van der Waals surface area contributed by atoms with E-state index in [0.717, 1.165) is 6.26 Å². The quantitative estimate of drug-likeness (QED) is 0.503. The zero-order chi connectivity index (χ0) is 15.3. The first-order valence-corrected chi connectivity index (χ1v) is 10.2. The Hall–Kier alpha value is -0.390. The van der Waals surface area contributed by atoms with Gasteiger partial charge in [0.1, 0.15) is 0 Å². The summed E-state index contributed by atoms with van der Waals surface area (Å²) in [6.07, 6.45) is 1.19. The smallest absolute Gasteiger partial charge is 0.309 e. The molecule has 0 heterocycles. The van der Waals surface area contributed by atoms with Crippen LogP contribution in [0.4, 0.5) is 0 Å². The van der Waals surface area contributed by atoms with Gasteiger partial charge in [0, 0.05) is 12.8 Å². The molecule has 6 nitrogen and oxygen atoms in total. The second kappa shape index (κ2) is 7.41. The molecule has 0 saturated carbocycles. The summed E-state index contributed by atoms with van der Waals surface area (Å²) in [4.78, 5) is 11.8. The third kappa shape index (κ3) is 9.19. The average Bonchev–Trinajstić information content (AvgIpc) is 2.11. The molecule has 8 heteroatoms. The second-order valence-corrected chi connectivity index (χ2v) is 9.45. The average molecular weight is 314 g/mol. The van der Waals surface area contributed by atoms with E-state index in [4.69, 9.17) is 4.74 Å². The number of rotatable bonds is 8. The van der Waals surface area contributed by atoms with Gasteiger partial charge in [-0.3, -0.25) is 9.36 Å². The second-order valence-electron chi connectivity index (χ2n) is 5.05. The molecule has 2 unspecified atom stereocenters. The molecule has 0 aromatic rings. The van der Waals surface area contributed by atoms with E-state index in [1.54, 1.807) is 6.92 Å². The van der Waals surface area contributed by atoms with Crippen molar-refractivity contribution in [3.8, 4) is 0 Å². The van der Waals surface area contributed by atoms with Gasteiger partial charge in [-0.05, 0) is 19.3 Å². The van der Waals surface area contributed by atoms with Gasteiger partial charge in [0.25, 0.3) is 10.1 Å². The highest BCUT2D eigenvalue weighted by atomic mass is 32.2. The zero-order valence-electron chi connectivity index (χ0n) is 12.1. The van der Waals surface area contributed by atoms with Crippen molar-refractivity contribution in [2.75, 3.05) is 25.7 Å². The lowest BCUT2D eigenvalue weighted by Gasteiger charge is -2.20. The van der Waals surface area contributed by atoms with Crippen LogP contribution in [0, 0.1) is 11.8 Å². The molecule has 114 valence electrons. The van der Waals surface area contributed by atoms with Gasteiger partial charge in [0.05, 0.1) is 18.8 Å². The minimum absolute atomic E-state index is 0.128. The van der Waals surface area contributed by atoms with E-state index in [-0.39, 0.29) is 18.7 Å². The first-order valence-electron chi connectivity index (χ1n) is 6.11. The maximum absolute atomic E-state index is 12.1. The Labute approximate surface area is 115 Å². The van der Waals surface area contributed by atoms with E-state index in [1.165, 1.54) is 6.66 Å². The lowest BCUT2D eigenvalue weighted by atomic mass is 9.99. The molecule has 0 amide bonds. The minimum atomic E-state index is -3.81. The van der Waals surface area contributed by atoms with Crippen molar-refractivity contribution in [1.29, 1.82) is 0 Å². The first-order chi connectivity index (χ1) is 8.47. The summed E-state index contributed by atoms with van der Waals surface area (Å²) in [5.41, 5.74) is 0. The van der Waals surface area contributed by atoms with Crippen LogP contribution < -0.4 is 0 Å². The molecule has 19 heavy (non-hydrogen) atoms. The summed E-state index contributed by atoms with van der Waals surface area (Å²) in [6, 6.07) is 0. The topological polar surface area (TPSA) is 86.7 Å². The Morgan fingerprint density at radius 3 is 2.21 bits per heavy atom. The summed E-state index contributed by atoms with van der Waals surface area (Å²) in [7, 11) is -7.20. The molecule has 2 atom stereocenters. The lowest BCUT2D eigenvalue weighted by molar-refractivity contribution is -0.147. The number of ether oxygens (including phenoxy) is 1. The number of esters is 1. The molecule has 0 aromatic heterocycles. The van der Waals surface area contributed by atoms with E-state index < -0.39 is 29.4 Å². The molecule has 0 aromatic carbocycles. The fourth-order valence-corrected chi connectivity index (χ4v) is 5.43. The molecule has 0 radical (unpaired) electrons. The summed E-state index contributed by atoms with van der Waals surface area (Å²) in [5.74, 6) is -0.874. The van der Waals surface area contributed by atoms with Gasteiger partial charge in [0.15, 0.2) is 0 Å². The maximum atomic E-state index is 12.1. The molecule has 0 rings (SSSR count). The minimum Gasteiger partial charge on any atom is -0.466 e. The molecule has 0 spiro atoms. The molecule has 0 aliphatic heterocycles. The van der Waals surface area contributed by atoms with Gasteiger partial charge >= 0.3 is 5.97 Å². The van der Waals surface area contributed by atoms with Crippen LogP contribution in [0.3, 0.4) is 0 Å². The Balaban J connectivity index is 4.89. The highest BCUT2D eigenvalue weighted by Gasteiger charge is 2.32. The summed E-state index contributed by atoms with van der Waals surface area (Å²) in [5, 5.41) is 0. The van der Waals surface area contributed by atoms with Gasteiger partial charge in [0.2, 0.25) is 7.37 Å². The molecule has 0 fully saturated rings. The predicted octanol–water partition coefficient (Wildman–Crippen LogP) is 2.10. The van der Waals surface area contributed by atoms with Crippen molar-refractivity contribution < 1.29 is 26.5 Å². The van der Waals surface area contributed by atoms with Gasteiger partial charge in [-0.1, -0.05) is 13.8 Å². The van der Waals surface area contributed by atoms with Crippen LogP contribution in [0.15, 0.2) is 0 Å². The highest BCUT2D eigenvalue weighted by molar-refractivity contribution is 7.91. The molecule has 0 aliphatic rings. The molecule has 0 N–H and O–H groups in total. The zero-order valence-corrected chi connectivity index (χ0v) is 13.8. The summed E-state index contributed by atoms with van der Waals surface area (Å²) >= 11 is 0. The largest absolute Gasteiger partial charge is 0.466 e. The molecule has 0 aliphatic carbocycles. The van der Waals surface area contributed by atoms with Crippen LogP contribution >= 0.6 is 7.37 Å². The van der Waals surface area contributed by atoms with Crippen LogP contribution in [0.2, 0.25) is 0 Å². The Morgan fingerprint density at radius 1 is 1.32 bits per heavy atom. The van der Waals surface area contributed by atoms with E-state index in [2.05, 4.69) is 3.97 Å². The van der Waals surface area contributed by atoms with Crippen LogP contribution in [-0.4, -0.2) is 40.1 Å². The number of carbonyl (C=O) groups excluding carboxylic acids is 1. The Morgan fingerprint density at radius 2 is 1.84 bits per heavy atom. The van der Waals surface area contributed by atoms with E-state index in [0.29, 0.717) is 6.42 Å². The van der Waals surface area contributed by atoms with Gasteiger partial charge in [-0.15, -0.1) is 0 Å². The van der Waals surface area contributed by atoms with Crippen LogP contribution in [-0.2, 0) is 28.2 Å². The van der Waals surface area contributed by atoms with Crippen LogP contribution in [0.5, 0.6) is 0 Å². The number of carbonyl (C=O) groups is 1. The third-order valence-corrected chi connectivity index (χ3v) is 5.67. The van der Waals surface area contributed by atoms with Crippen molar-refractivity contribution >= 4 is 23.5 Å². The normalized spacial score (nSPS) is 16.9. The van der Waals surface area contributed by atoms with Crippen molar-refractivity contribution in [3.63, 3.8) is 0 Å². The third-order valence-electron chi connectivity index (χ3n) is 2.22. The van der Waals surface area contributed by atoms with E-state index in [1.807, 2.05) is 13.8 Å². The number of hydrogen-bond acceptors (Lipinski definition) is 6. The SMILES string of the molecule is CCOC(=O)C(CC(C)C)CP(C)(=O)OS(C)(=O)=O. The summed E-state index contributed by atoms with van der Waals surface area (Å²) < 4.78 is 43.7. The fraction of sp³-hybridized carbons (Fsp3) is 0.909. The number of hydrogen-bond donors (Lipinski definition) is 0. The van der Waals surface area contributed by atoms with Crippen LogP contribution in [0.25, 0.3) is 0 Å². The molecular formula is C11H23O6PS. The van der Waals surface area contributed by atoms with Crippen molar-refractivity contribution in [2.24, 2.45) is 11.8 Å². The lowest BCUT2D eigenvalue weighted by Crippen LogP contribution is -2.24. The predicted molar refractivity (Wildman–Crippen MR) is 73.9 cm³/mol. The standard InChI is InChI=1S/C11H23O6PS/c1-6-16-11(12)10(7-9(2)3)8-18(4,13)17-19(5,14)15/h9-10H,6-8H2,1-5H3. The monoisotopic (exact) mass is 314 g/mol.